The summed E-state index contributed by atoms with van der Waals surface area (Å²) in [4.78, 5) is 28.7. The minimum Gasteiger partial charge on any atom is -0.496 e. The molecular formula is C20H30ClN3O4. The Morgan fingerprint density at radius 3 is 2.46 bits per heavy atom. The van der Waals surface area contributed by atoms with Crippen LogP contribution in [0.15, 0.2) is 18.2 Å². The lowest BCUT2D eigenvalue weighted by molar-refractivity contribution is -0.136. The average Bonchev–Trinajstić information content (AvgIpc) is 2.66. The molecule has 0 aromatic heterocycles. The molecule has 0 aliphatic carbocycles. The number of hydrogen-bond donors (Lipinski definition) is 1. The molecular weight excluding hydrogens is 382 g/mol. The Morgan fingerprint density at radius 2 is 1.89 bits per heavy atom. The van der Waals surface area contributed by atoms with E-state index in [1.807, 2.05) is 36.9 Å². The second kappa shape index (κ2) is 10.5. The molecule has 8 heteroatoms. The number of alkyl carbamates (subject to hydrolysis) is 1. The average molecular weight is 412 g/mol. The third-order valence-electron chi connectivity index (χ3n) is 4.80. The minimum atomic E-state index is -0.585. The lowest BCUT2D eigenvalue weighted by Crippen LogP contribution is -2.56. The van der Waals surface area contributed by atoms with Crippen molar-refractivity contribution >= 4 is 23.6 Å². The van der Waals surface area contributed by atoms with Crippen LogP contribution in [0.4, 0.5) is 4.79 Å². The summed E-state index contributed by atoms with van der Waals surface area (Å²) in [7, 11) is 1.64. The number of piperazine rings is 1. The smallest absolute Gasteiger partial charge is 0.407 e. The van der Waals surface area contributed by atoms with Crippen molar-refractivity contribution in [3.63, 3.8) is 0 Å². The van der Waals surface area contributed by atoms with E-state index in [0.29, 0.717) is 24.7 Å². The molecule has 1 fully saturated rings. The highest BCUT2D eigenvalue weighted by molar-refractivity contribution is 6.30. The topological polar surface area (TPSA) is 71.1 Å². The highest BCUT2D eigenvalue weighted by Gasteiger charge is 2.31. The van der Waals surface area contributed by atoms with Gasteiger partial charge in [-0.3, -0.25) is 9.69 Å². The fourth-order valence-corrected chi connectivity index (χ4v) is 3.44. The Kier molecular flexibility index (Phi) is 8.38. The van der Waals surface area contributed by atoms with Gasteiger partial charge in [-0.2, -0.15) is 0 Å². The molecule has 1 atom stereocenters. The molecule has 1 saturated heterocycles. The number of hydrogen-bond acceptors (Lipinski definition) is 5. The van der Waals surface area contributed by atoms with E-state index in [2.05, 4.69) is 10.2 Å². The van der Waals surface area contributed by atoms with E-state index >= 15 is 0 Å². The van der Waals surface area contributed by atoms with Crippen LogP contribution >= 0.6 is 11.6 Å². The molecule has 1 unspecified atom stereocenters. The largest absolute Gasteiger partial charge is 0.496 e. The molecule has 0 radical (unpaired) electrons. The van der Waals surface area contributed by atoms with Gasteiger partial charge in [0.05, 0.1) is 13.7 Å². The number of carbonyl (C=O) groups is 2. The third kappa shape index (κ3) is 6.01. The number of amides is 2. The Labute approximate surface area is 171 Å². The maximum absolute atomic E-state index is 12.9. The van der Waals surface area contributed by atoms with Gasteiger partial charge in [-0.1, -0.05) is 25.4 Å². The number of nitrogens with zero attached hydrogens (tertiary/aromatic N) is 2. The maximum atomic E-state index is 12.9. The van der Waals surface area contributed by atoms with Crippen molar-refractivity contribution in [3.05, 3.63) is 28.8 Å². The minimum absolute atomic E-state index is 0.0225. The molecule has 7 nitrogen and oxygen atoms in total. The maximum Gasteiger partial charge on any atom is 0.407 e. The van der Waals surface area contributed by atoms with E-state index < -0.39 is 12.1 Å². The molecule has 28 heavy (non-hydrogen) atoms. The van der Waals surface area contributed by atoms with Crippen LogP contribution in [0, 0.1) is 5.92 Å². The first-order valence-electron chi connectivity index (χ1n) is 9.62. The van der Waals surface area contributed by atoms with Crippen LogP contribution in [0.1, 0.15) is 26.3 Å². The Morgan fingerprint density at radius 1 is 1.21 bits per heavy atom. The summed E-state index contributed by atoms with van der Waals surface area (Å²) >= 11 is 6.11. The number of nitrogens with one attached hydrogen (secondary N) is 1. The van der Waals surface area contributed by atoms with Crippen molar-refractivity contribution in [2.45, 2.75) is 33.4 Å². The normalized spacial score (nSPS) is 16.0. The second-order valence-corrected chi connectivity index (χ2v) is 7.58. The van der Waals surface area contributed by atoms with Crippen molar-refractivity contribution in [2.24, 2.45) is 5.92 Å². The zero-order valence-electron chi connectivity index (χ0n) is 17.0. The highest BCUT2D eigenvalue weighted by Crippen LogP contribution is 2.24. The van der Waals surface area contributed by atoms with Crippen LogP contribution in [0.3, 0.4) is 0 Å². The van der Waals surface area contributed by atoms with Crippen LogP contribution in [0.25, 0.3) is 0 Å². The van der Waals surface area contributed by atoms with Gasteiger partial charge < -0.3 is 19.7 Å². The molecule has 1 heterocycles. The van der Waals surface area contributed by atoms with Crippen molar-refractivity contribution in [2.75, 3.05) is 39.9 Å². The van der Waals surface area contributed by atoms with Gasteiger partial charge in [-0.25, -0.2) is 4.79 Å². The predicted octanol–water partition coefficient (Wildman–Crippen LogP) is 2.76. The zero-order valence-corrected chi connectivity index (χ0v) is 17.8. The van der Waals surface area contributed by atoms with Crippen molar-refractivity contribution in [1.82, 2.24) is 15.1 Å². The van der Waals surface area contributed by atoms with E-state index in [1.54, 1.807) is 14.0 Å². The summed E-state index contributed by atoms with van der Waals surface area (Å²) < 4.78 is 10.3. The van der Waals surface area contributed by atoms with Crippen LogP contribution in [0.5, 0.6) is 5.75 Å². The van der Waals surface area contributed by atoms with E-state index in [0.717, 1.165) is 24.4 Å². The van der Waals surface area contributed by atoms with Crippen molar-refractivity contribution in [3.8, 4) is 5.75 Å². The summed E-state index contributed by atoms with van der Waals surface area (Å²) in [5.74, 6) is 0.718. The molecule has 0 spiro atoms. The molecule has 2 rings (SSSR count). The van der Waals surface area contributed by atoms with E-state index in [4.69, 9.17) is 21.1 Å². The van der Waals surface area contributed by atoms with E-state index in [9.17, 15) is 9.59 Å². The molecule has 156 valence electrons. The summed E-state index contributed by atoms with van der Waals surface area (Å²) in [6, 6.07) is 5.00. The number of methoxy groups -OCH3 is 1. The fourth-order valence-electron chi connectivity index (χ4n) is 3.25. The highest BCUT2D eigenvalue weighted by atomic mass is 35.5. The van der Waals surface area contributed by atoms with Gasteiger partial charge in [-0.05, 0) is 31.0 Å². The van der Waals surface area contributed by atoms with Gasteiger partial charge in [-0.15, -0.1) is 0 Å². The third-order valence-corrected chi connectivity index (χ3v) is 5.04. The molecule has 2 amide bonds. The molecule has 0 saturated carbocycles. The summed E-state index contributed by atoms with van der Waals surface area (Å²) in [5.41, 5.74) is 1.03. The molecule has 1 aliphatic heterocycles. The molecule has 1 N–H and O–H groups in total. The molecule has 0 bridgehead atoms. The van der Waals surface area contributed by atoms with E-state index in [-0.39, 0.29) is 18.4 Å². The molecule has 1 aromatic rings. The van der Waals surface area contributed by atoms with Gasteiger partial charge in [0.15, 0.2) is 0 Å². The Balaban J connectivity index is 1.94. The van der Waals surface area contributed by atoms with Gasteiger partial charge in [0, 0.05) is 43.3 Å². The first-order valence-corrected chi connectivity index (χ1v) is 10.00. The quantitative estimate of drug-likeness (QED) is 0.747. The van der Waals surface area contributed by atoms with Gasteiger partial charge in [0.25, 0.3) is 0 Å². The summed E-state index contributed by atoms with van der Waals surface area (Å²) in [6.07, 6.45) is -0.554. The van der Waals surface area contributed by atoms with Crippen LogP contribution in [0.2, 0.25) is 5.02 Å². The monoisotopic (exact) mass is 411 g/mol. The fraction of sp³-hybridized carbons (Fsp3) is 0.600. The lowest BCUT2D eigenvalue weighted by atomic mass is 10.0. The van der Waals surface area contributed by atoms with Crippen molar-refractivity contribution < 1.29 is 19.1 Å². The van der Waals surface area contributed by atoms with Crippen molar-refractivity contribution in [1.29, 1.82) is 0 Å². The van der Waals surface area contributed by atoms with Gasteiger partial charge in [0.1, 0.15) is 11.8 Å². The molecule has 1 aromatic carbocycles. The molecule has 1 aliphatic rings. The van der Waals surface area contributed by atoms with Crippen LogP contribution in [-0.2, 0) is 16.1 Å². The van der Waals surface area contributed by atoms with E-state index in [1.165, 1.54) is 0 Å². The second-order valence-electron chi connectivity index (χ2n) is 7.14. The lowest BCUT2D eigenvalue weighted by Gasteiger charge is -2.37. The summed E-state index contributed by atoms with van der Waals surface area (Å²) in [5, 5.41) is 3.37. The first-order chi connectivity index (χ1) is 13.3. The Bertz CT molecular complexity index is 675. The number of benzene rings is 1. The van der Waals surface area contributed by atoms with Gasteiger partial charge >= 0.3 is 6.09 Å². The summed E-state index contributed by atoms with van der Waals surface area (Å²) in [6.45, 7) is 9.24. The predicted molar refractivity (Wildman–Crippen MR) is 109 cm³/mol. The SMILES string of the molecule is CCOC(=O)NC(C(=O)N1CCN(Cc2cc(Cl)ccc2OC)CC1)C(C)C. The van der Waals surface area contributed by atoms with Gasteiger partial charge in [0.2, 0.25) is 5.91 Å². The van der Waals surface area contributed by atoms with Crippen LogP contribution in [-0.4, -0.2) is 67.7 Å². The number of rotatable bonds is 7. The number of ether oxygens (including phenoxy) is 2. The zero-order chi connectivity index (χ0) is 20.7. The standard InChI is InChI=1S/C20H30ClN3O4/c1-5-28-20(26)22-18(14(2)3)19(25)24-10-8-23(9-11-24)13-15-12-16(21)6-7-17(15)27-4/h6-7,12,14,18H,5,8-11,13H2,1-4H3,(H,22,26). The van der Waals surface area contributed by atoms with Crippen LogP contribution < -0.4 is 10.1 Å². The number of halogens is 1. The first kappa shape index (κ1) is 22.3. The Hall–Kier alpha value is -1.99. The number of carbonyl (C=O) groups excluding carboxylic acids is 2.